The van der Waals surface area contributed by atoms with Crippen LogP contribution >= 0.6 is 0 Å². The molecule has 5 unspecified atom stereocenters. The minimum absolute atomic E-state index is 0.00184. The van der Waals surface area contributed by atoms with Crippen molar-refractivity contribution in [1.29, 1.82) is 0 Å². The molecule has 3 rings (SSSR count). The summed E-state index contributed by atoms with van der Waals surface area (Å²) in [4.78, 5) is 59.9. The highest BCUT2D eigenvalue weighted by molar-refractivity contribution is 6.10. The van der Waals surface area contributed by atoms with Crippen molar-refractivity contribution >= 4 is 29.7 Å². The van der Waals surface area contributed by atoms with Gasteiger partial charge < -0.3 is 33.5 Å². The summed E-state index contributed by atoms with van der Waals surface area (Å²) in [6.45, 7) is 4.04. The molecule has 12 nitrogen and oxygen atoms in total. The van der Waals surface area contributed by atoms with E-state index < -0.39 is 72.7 Å². The Morgan fingerprint density at radius 3 is 1.92 bits per heavy atom. The Morgan fingerprint density at radius 1 is 0.769 bits per heavy atom. The molecular weight excluding hydrogens is 516 g/mol. The summed E-state index contributed by atoms with van der Waals surface area (Å²) < 4.78 is 32.8. The number of rotatable bonds is 9. The number of esters is 4. The maximum Gasteiger partial charge on any atom is 0.303 e. The highest BCUT2D eigenvalue weighted by atomic mass is 16.7. The first kappa shape index (κ1) is 29.1. The van der Waals surface area contributed by atoms with Crippen LogP contribution in [-0.2, 0) is 42.9 Å². The van der Waals surface area contributed by atoms with Crippen molar-refractivity contribution in [3.05, 3.63) is 59.7 Å². The van der Waals surface area contributed by atoms with Crippen LogP contribution in [0.4, 0.5) is 0 Å². The van der Waals surface area contributed by atoms with E-state index in [1.54, 1.807) is 30.3 Å². The molecule has 0 spiro atoms. The van der Waals surface area contributed by atoms with Crippen molar-refractivity contribution in [3.8, 4) is 11.5 Å². The Hall–Kier alpha value is -4.45. The van der Waals surface area contributed by atoms with Crippen LogP contribution in [0.5, 0.6) is 11.5 Å². The lowest BCUT2D eigenvalue weighted by Crippen LogP contribution is -2.63. The maximum atomic E-state index is 12.8. The van der Waals surface area contributed by atoms with Gasteiger partial charge in [0.25, 0.3) is 0 Å². The lowest BCUT2D eigenvalue weighted by Gasteiger charge is -2.43. The van der Waals surface area contributed by atoms with Crippen molar-refractivity contribution in [2.24, 2.45) is 0 Å². The number of aromatic hydroxyl groups is 1. The second-order valence-electron chi connectivity index (χ2n) is 8.56. The molecule has 12 heteroatoms. The van der Waals surface area contributed by atoms with Gasteiger partial charge in [-0.3, -0.25) is 24.0 Å². The van der Waals surface area contributed by atoms with Crippen LogP contribution in [0.15, 0.2) is 48.5 Å². The maximum absolute atomic E-state index is 12.8. The van der Waals surface area contributed by atoms with Gasteiger partial charge in [-0.2, -0.15) is 0 Å². The van der Waals surface area contributed by atoms with E-state index in [0.717, 1.165) is 33.8 Å². The zero-order valence-corrected chi connectivity index (χ0v) is 21.7. The third-order valence-electron chi connectivity index (χ3n) is 5.45. The number of ketones is 1. The van der Waals surface area contributed by atoms with Crippen LogP contribution < -0.4 is 4.74 Å². The summed E-state index contributed by atoms with van der Waals surface area (Å²) in [7, 11) is 0. The molecule has 1 aliphatic rings. The fraction of sp³-hybridized carbons (Fsp3) is 0.370. The summed E-state index contributed by atoms with van der Waals surface area (Å²) in [5.41, 5.74) is 0.371. The zero-order valence-electron chi connectivity index (χ0n) is 21.7. The van der Waals surface area contributed by atoms with Crippen LogP contribution in [0.3, 0.4) is 0 Å². The van der Waals surface area contributed by atoms with Gasteiger partial charge in [-0.05, 0) is 12.1 Å². The SMILES string of the molecule is CC(=O)OCC1OC(Oc2ccc(C(=O)c3ccccc3)c(O)c2)C(OC(C)=O)C(OC(C)=O)C1OC(C)=O. The van der Waals surface area contributed by atoms with Crippen LogP contribution in [-0.4, -0.2) is 72.1 Å². The van der Waals surface area contributed by atoms with Gasteiger partial charge in [0.1, 0.15) is 24.2 Å². The number of hydrogen-bond acceptors (Lipinski definition) is 12. The van der Waals surface area contributed by atoms with Gasteiger partial charge in [-0.25, -0.2) is 0 Å². The Bertz CT molecular complexity index is 1220. The third kappa shape index (κ3) is 7.77. The van der Waals surface area contributed by atoms with Crippen molar-refractivity contribution < 1.29 is 57.5 Å². The Kier molecular flexibility index (Phi) is 9.61. The van der Waals surface area contributed by atoms with E-state index in [2.05, 4.69) is 0 Å². The minimum atomic E-state index is -1.49. The summed E-state index contributed by atoms with van der Waals surface area (Å²) >= 11 is 0. The van der Waals surface area contributed by atoms with Gasteiger partial charge >= 0.3 is 23.9 Å². The highest BCUT2D eigenvalue weighted by Gasteiger charge is 2.53. The van der Waals surface area contributed by atoms with Crippen LogP contribution in [0.25, 0.3) is 0 Å². The largest absolute Gasteiger partial charge is 0.507 e. The molecule has 0 bridgehead atoms. The smallest absolute Gasteiger partial charge is 0.303 e. The Balaban J connectivity index is 1.95. The van der Waals surface area contributed by atoms with Crippen molar-refractivity contribution in [2.75, 3.05) is 6.61 Å². The lowest BCUT2D eigenvalue weighted by atomic mass is 9.98. The number of ether oxygens (including phenoxy) is 6. The molecule has 2 aromatic rings. The van der Waals surface area contributed by atoms with E-state index in [1.165, 1.54) is 12.1 Å². The molecule has 0 aliphatic carbocycles. The Morgan fingerprint density at radius 2 is 1.36 bits per heavy atom. The zero-order chi connectivity index (χ0) is 28.7. The number of carbonyl (C=O) groups is 5. The number of benzene rings is 2. The average Bonchev–Trinajstić information content (AvgIpc) is 2.86. The van der Waals surface area contributed by atoms with E-state index in [9.17, 15) is 29.1 Å². The first-order valence-corrected chi connectivity index (χ1v) is 11.9. The molecule has 208 valence electrons. The fourth-order valence-electron chi connectivity index (χ4n) is 3.94. The molecule has 1 heterocycles. The van der Waals surface area contributed by atoms with Gasteiger partial charge in [0.2, 0.25) is 12.4 Å². The molecule has 39 heavy (non-hydrogen) atoms. The van der Waals surface area contributed by atoms with Gasteiger partial charge in [0.15, 0.2) is 18.0 Å². The average molecular weight is 545 g/mol. The van der Waals surface area contributed by atoms with E-state index in [4.69, 9.17) is 28.4 Å². The molecule has 0 radical (unpaired) electrons. The van der Waals surface area contributed by atoms with Crippen LogP contribution in [0, 0.1) is 0 Å². The van der Waals surface area contributed by atoms with Crippen molar-refractivity contribution in [3.63, 3.8) is 0 Å². The van der Waals surface area contributed by atoms with E-state index >= 15 is 0 Å². The molecule has 1 N–H and O–H groups in total. The third-order valence-corrected chi connectivity index (χ3v) is 5.45. The molecular formula is C27H28O12. The van der Waals surface area contributed by atoms with E-state index in [0.29, 0.717) is 5.56 Å². The predicted molar refractivity (Wildman–Crippen MR) is 131 cm³/mol. The van der Waals surface area contributed by atoms with Crippen molar-refractivity contribution in [2.45, 2.75) is 58.4 Å². The highest BCUT2D eigenvalue weighted by Crippen LogP contribution is 2.33. The number of carbonyl (C=O) groups excluding carboxylic acids is 5. The molecule has 1 aliphatic heterocycles. The van der Waals surface area contributed by atoms with Crippen LogP contribution in [0.1, 0.15) is 43.6 Å². The standard InChI is InChI=1S/C27H28O12/c1-14(28)34-13-22-24(35-15(2)29)25(36-16(3)30)26(37-17(4)31)27(39-22)38-19-10-11-20(21(32)12-19)23(33)18-8-6-5-7-9-18/h5-12,22,24-27,32H,13H2,1-4H3. The summed E-state index contributed by atoms with van der Waals surface area (Å²) in [5, 5.41) is 10.6. The van der Waals surface area contributed by atoms with Crippen molar-refractivity contribution in [1.82, 2.24) is 0 Å². The second kappa shape index (κ2) is 12.9. The summed E-state index contributed by atoms with van der Waals surface area (Å²) in [5.74, 6) is -3.83. The van der Waals surface area contributed by atoms with E-state index in [1.807, 2.05) is 0 Å². The monoisotopic (exact) mass is 544 g/mol. The first-order chi connectivity index (χ1) is 18.5. The molecule has 0 amide bonds. The fourth-order valence-corrected chi connectivity index (χ4v) is 3.94. The topological polar surface area (TPSA) is 161 Å². The molecule has 2 aromatic carbocycles. The van der Waals surface area contributed by atoms with Gasteiger partial charge in [-0.15, -0.1) is 0 Å². The predicted octanol–water partition coefficient (Wildman–Crippen LogP) is 2.09. The molecule has 0 aromatic heterocycles. The molecule has 1 saturated heterocycles. The van der Waals surface area contributed by atoms with Gasteiger partial charge in [-0.1, -0.05) is 30.3 Å². The quantitative estimate of drug-likeness (QED) is 0.278. The number of phenolic OH excluding ortho intramolecular Hbond substituents is 1. The number of hydrogen-bond donors (Lipinski definition) is 1. The molecule has 0 saturated carbocycles. The summed E-state index contributed by atoms with van der Waals surface area (Å²) in [6, 6.07) is 12.2. The normalized spacial score (nSPS) is 22.2. The molecule has 5 atom stereocenters. The lowest BCUT2D eigenvalue weighted by molar-refractivity contribution is -0.288. The van der Waals surface area contributed by atoms with E-state index in [-0.39, 0.29) is 11.3 Å². The summed E-state index contributed by atoms with van der Waals surface area (Å²) in [6.07, 6.45) is -6.89. The first-order valence-electron chi connectivity index (χ1n) is 11.9. The van der Waals surface area contributed by atoms with Crippen LogP contribution in [0.2, 0.25) is 0 Å². The van der Waals surface area contributed by atoms with Gasteiger partial charge in [0.05, 0.1) is 5.56 Å². The minimum Gasteiger partial charge on any atom is -0.507 e. The molecule has 1 fully saturated rings. The Labute approximate surface area is 223 Å². The second-order valence-corrected chi connectivity index (χ2v) is 8.56. The van der Waals surface area contributed by atoms with Gasteiger partial charge in [0, 0.05) is 39.3 Å². The number of phenols is 1.